The summed E-state index contributed by atoms with van der Waals surface area (Å²) >= 11 is 12.7. The van der Waals surface area contributed by atoms with Crippen LogP contribution in [0.3, 0.4) is 0 Å². The van der Waals surface area contributed by atoms with Gasteiger partial charge in [0.15, 0.2) is 0 Å². The zero-order chi connectivity index (χ0) is 20.8. The number of carbonyl (C=O) groups is 1. The standard InChI is InChI=1S/C20H13ClI3N3O2/c21-19-15(2-1-7-25-19)20(28)27-26-10-13-8-16(23)18(17(24)9-13)29-11-12-3-5-14(22)6-4-12/h1-10H,11H2,(H,27,28). The van der Waals surface area contributed by atoms with Crippen molar-refractivity contribution in [2.75, 3.05) is 0 Å². The van der Waals surface area contributed by atoms with E-state index in [1.54, 1.807) is 18.3 Å². The summed E-state index contributed by atoms with van der Waals surface area (Å²) in [4.78, 5) is 16.0. The molecule has 0 radical (unpaired) electrons. The van der Waals surface area contributed by atoms with Crippen molar-refractivity contribution in [2.24, 2.45) is 5.10 Å². The lowest BCUT2D eigenvalue weighted by atomic mass is 10.2. The molecule has 5 nitrogen and oxygen atoms in total. The highest BCUT2D eigenvalue weighted by Gasteiger charge is 2.11. The molecule has 1 amide bonds. The maximum atomic E-state index is 12.1. The number of benzene rings is 2. The van der Waals surface area contributed by atoms with Gasteiger partial charge in [0.25, 0.3) is 5.91 Å². The van der Waals surface area contributed by atoms with Gasteiger partial charge in [0.2, 0.25) is 0 Å². The Labute approximate surface area is 214 Å². The third kappa shape index (κ3) is 6.49. The molecular formula is C20H13ClI3N3O2. The highest BCUT2D eigenvalue weighted by atomic mass is 127. The quantitative estimate of drug-likeness (QED) is 0.148. The zero-order valence-corrected chi connectivity index (χ0v) is 21.9. The predicted octanol–water partition coefficient (Wildman–Crippen LogP) is 5.89. The van der Waals surface area contributed by atoms with Gasteiger partial charge in [-0.3, -0.25) is 4.79 Å². The van der Waals surface area contributed by atoms with Gasteiger partial charge in [-0.15, -0.1) is 0 Å². The lowest BCUT2D eigenvalue weighted by Gasteiger charge is -2.11. The minimum Gasteiger partial charge on any atom is -0.487 e. The molecule has 0 unspecified atom stereocenters. The van der Waals surface area contributed by atoms with Crippen LogP contribution >= 0.6 is 79.4 Å². The first-order valence-electron chi connectivity index (χ1n) is 8.24. The van der Waals surface area contributed by atoms with Crippen LogP contribution in [0.25, 0.3) is 0 Å². The van der Waals surface area contributed by atoms with Gasteiger partial charge >= 0.3 is 0 Å². The second kappa shape index (κ2) is 10.9. The SMILES string of the molecule is O=C(NN=Cc1cc(I)c(OCc2ccc(I)cc2)c(I)c1)c1cccnc1Cl. The molecule has 29 heavy (non-hydrogen) atoms. The van der Waals surface area contributed by atoms with Gasteiger partial charge in [0.05, 0.1) is 18.9 Å². The van der Waals surface area contributed by atoms with Gasteiger partial charge < -0.3 is 4.74 Å². The van der Waals surface area contributed by atoms with Gasteiger partial charge in [-0.2, -0.15) is 5.10 Å². The number of hydrogen-bond donors (Lipinski definition) is 1. The summed E-state index contributed by atoms with van der Waals surface area (Å²) in [6, 6.07) is 15.3. The van der Waals surface area contributed by atoms with Gasteiger partial charge in [-0.1, -0.05) is 23.7 Å². The lowest BCUT2D eigenvalue weighted by molar-refractivity contribution is 0.0955. The smallest absolute Gasteiger partial charge is 0.274 e. The zero-order valence-electron chi connectivity index (χ0n) is 14.7. The van der Waals surface area contributed by atoms with Gasteiger partial charge in [0.1, 0.15) is 17.5 Å². The number of rotatable bonds is 6. The van der Waals surface area contributed by atoms with E-state index < -0.39 is 5.91 Å². The molecule has 0 fully saturated rings. The van der Waals surface area contributed by atoms with E-state index in [9.17, 15) is 4.79 Å². The summed E-state index contributed by atoms with van der Waals surface area (Å²) in [5.74, 6) is 0.411. The number of nitrogens with zero attached hydrogens (tertiary/aromatic N) is 2. The molecule has 0 saturated carbocycles. The molecule has 0 bridgehead atoms. The van der Waals surface area contributed by atoms with Crippen molar-refractivity contribution in [2.45, 2.75) is 6.61 Å². The Morgan fingerprint density at radius 2 is 1.83 bits per heavy atom. The fourth-order valence-electron chi connectivity index (χ4n) is 2.31. The van der Waals surface area contributed by atoms with E-state index in [2.05, 4.69) is 108 Å². The molecule has 0 aliphatic rings. The van der Waals surface area contributed by atoms with Crippen molar-refractivity contribution in [3.63, 3.8) is 0 Å². The van der Waals surface area contributed by atoms with Crippen molar-refractivity contribution in [3.8, 4) is 5.75 Å². The maximum Gasteiger partial charge on any atom is 0.274 e. The number of amides is 1. The van der Waals surface area contributed by atoms with Gasteiger partial charge in [-0.25, -0.2) is 10.4 Å². The lowest BCUT2D eigenvalue weighted by Crippen LogP contribution is -2.18. The third-order valence-electron chi connectivity index (χ3n) is 3.70. The molecule has 1 aromatic heterocycles. The molecule has 0 aliphatic carbocycles. The van der Waals surface area contributed by atoms with Crippen molar-refractivity contribution in [1.29, 1.82) is 0 Å². The highest BCUT2D eigenvalue weighted by molar-refractivity contribution is 14.1. The number of carbonyl (C=O) groups excluding carboxylic acids is 1. The van der Waals surface area contributed by atoms with Crippen molar-refractivity contribution in [1.82, 2.24) is 10.4 Å². The molecule has 1 heterocycles. The summed E-state index contributed by atoms with van der Waals surface area (Å²) in [5.41, 5.74) is 4.69. The Kier molecular flexibility index (Phi) is 8.50. The van der Waals surface area contributed by atoms with E-state index in [4.69, 9.17) is 16.3 Å². The molecule has 148 valence electrons. The van der Waals surface area contributed by atoms with Crippen LogP contribution in [0.4, 0.5) is 0 Å². The minimum absolute atomic E-state index is 0.138. The number of pyridine rings is 1. The first-order chi connectivity index (χ1) is 13.9. The van der Waals surface area contributed by atoms with Crippen LogP contribution in [-0.4, -0.2) is 17.1 Å². The number of hydrazone groups is 1. The number of ether oxygens (including phenoxy) is 1. The third-order valence-corrected chi connectivity index (χ3v) is 6.32. The van der Waals surface area contributed by atoms with Crippen molar-refractivity contribution >= 4 is 91.5 Å². The maximum absolute atomic E-state index is 12.1. The van der Waals surface area contributed by atoms with E-state index in [0.717, 1.165) is 24.0 Å². The van der Waals surface area contributed by atoms with Crippen LogP contribution < -0.4 is 10.2 Å². The first-order valence-corrected chi connectivity index (χ1v) is 11.9. The molecule has 0 atom stereocenters. The largest absolute Gasteiger partial charge is 0.487 e. The van der Waals surface area contributed by atoms with Crippen molar-refractivity contribution < 1.29 is 9.53 Å². The van der Waals surface area contributed by atoms with E-state index in [1.165, 1.54) is 9.77 Å². The van der Waals surface area contributed by atoms with Crippen LogP contribution in [0, 0.1) is 10.7 Å². The van der Waals surface area contributed by atoms with Crippen LogP contribution in [0.1, 0.15) is 21.5 Å². The highest BCUT2D eigenvalue weighted by Crippen LogP contribution is 2.29. The summed E-state index contributed by atoms with van der Waals surface area (Å²) in [7, 11) is 0. The number of hydrogen-bond acceptors (Lipinski definition) is 4. The van der Waals surface area contributed by atoms with E-state index >= 15 is 0 Å². The Balaban J connectivity index is 1.65. The molecule has 0 saturated heterocycles. The van der Waals surface area contributed by atoms with Gasteiger partial charge in [-0.05, 0) is 115 Å². The Bertz CT molecular complexity index is 1040. The fourth-order valence-corrected chi connectivity index (χ4v) is 5.00. The number of halogens is 4. The summed E-state index contributed by atoms with van der Waals surface area (Å²) in [6.07, 6.45) is 3.10. The number of aromatic nitrogens is 1. The van der Waals surface area contributed by atoms with E-state index in [1.807, 2.05) is 12.1 Å². The van der Waals surface area contributed by atoms with Crippen molar-refractivity contribution in [3.05, 3.63) is 87.3 Å². The van der Waals surface area contributed by atoms with Crippen LogP contribution in [0.2, 0.25) is 5.15 Å². The second-order valence-corrected chi connectivity index (χ2v) is 9.70. The molecular weight excluding hydrogens is 730 g/mol. The predicted molar refractivity (Wildman–Crippen MR) is 140 cm³/mol. The first kappa shape index (κ1) is 22.7. The average molecular weight is 744 g/mol. The minimum atomic E-state index is -0.416. The Morgan fingerprint density at radius 3 is 2.48 bits per heavy atom. The monoisotopic (exact) mass is 743 g/mol. The van der Waals surface area contributed by atoms with Crippen LogP contribution in [-0.2, 0) is 6.61 Å². The molecule has 0 aliphatic heterocycles. The summed E-state index contributed by atoms with van der Waals surface area (Å²) in [5, 5.41) is 4.15. The topological polar surface area (TPSA) is 63.6 Å². The van der Waals surface area contributed by atoms with E-state index in [-0.39, 0.29) is 10.7 Å². The Morgan fingerprint density at radius 1 is 1.14 bits per heavy atom. The molecule has 9 heteroatoms. The summed E-state index contributed by atoms with van der Waals surface area (Å²) < 4.78 is 9.12. The number of nitrogens with one attached hydrogen (secondary N) is 1. The molecule has 3 rings (SSSR count). The second-order valence-electron chi connectivity index (χ2n) is 5.77. The van der Waals surface area contributed by atoms with Crippen LogP contribution in [0.5, 0.6) is 5.75 Å². The molecule has 1 N–H and O–H groups in total. The fraction of sp³-hybridized carbons (Fsp3) is 0.0500. The normalized spacial score (nSPS) is 10.9. The van der Waals surface area contributed by atoms with Crippen LogP contribution in [0.15, 0.2) is 59.8 Å². The summed E-state index contributed by atoms with van der Waals surface area (Å²) in [6.45, 7) is 0.498. The molecule has 3 aromatic rings. The Hall–Kier alpha value is -0.990. The van der Waals surface area contributed by atoms with E-state index in [0.29, 0.717) is 6.61 Å². The van der Waals surface area contributed by atoms with Gasteiger partial charge in [0, 0.05) is 9.77 Å². The molecule has 0 spiro atoms. The average Bonchev–Trinajstić information content (AvgIpc) is 2.69. The molecule has 2 aromatic carbocycles.